The van der Waals surface area contributed by atoms with Crippen molar-refractivity contribution in [3.63, 3.8) is 0 Å². The molecule has 0 aliphatic carbocycles. The van der Waals surface area contributed by atoms with E-state index in [4.69, 9.17) is 4.74 Å². The second-order valence-corrected chi connectivity index (χ2v) is 3.45. The third-order valence-corrected chi connectivity index (χ3v) is 2.19. The molecule has 0 amide bonds. The first kappa shape index (κ1) is 7.76. The van der Waals surface area contributed by atoms with Crippen molar-refractivity contribution in [3.05, 3.63) is 12.8 Å². The van der Waals surface area contributed by atoms with Gasteiger partial charge in [-0.2, -0.15) is 0 Å². The summed E-state index contributed by atoms with van der Waals surface area (Å²) in [5.41, 5.74) is 0. The zero-order chi connectivity index (χ0) is 6.24. The lowest BCUT2D eigenvalue weighted by Gasteiger charge is -1.95. The van der Waals surface area contributed by atoms with Crippen LogP contribution in [0.1, 0.15) is 6.42 Å². The van der Waals surface area contributed by atoms with Crippen molar-refractivity contribution in [1.29, 1.82) is 0 Å². The van der Waals surface area contributed by atoms with Crippen LogP contribution >= 0.6 is 0 Å². The highest BCUT2D eigenvalue weighted by atomic mass is 28.2. The van der Waals surface area contributed by atoms with E-state index in [-0.39, 0.29) is 9.52 Å². The largest absolute Gasteiger partial charge is 0.502 e. The minimum Gasteiger partial charge on any atom is -0.502 e. The molecular weight excluding hydrogens is 116 g/mol. The molecule has 0 aromatic heterocycles. The van der Waals surface area contributed by atoms with Crippen LogP contribution in [0.4, 0.5) is 0 Å². The summed E-state index contributed by atoms with van der Waals surface area (Å²) in [5.74, 6) is 0. The summed E-state index contributed by atoms with van der Waals surface area (Å²) in [6.07, 6.45) is 2.73. The fourth-order valence-corrected chi connectivity index (χ4v) is 1.22. The number of hydrogen-bond donors (Lipinski definition) is 0. The van der Waals surface area contributed by atoms with E-state index in [0.29, 0.717) is 0 Å². The zero-order valence-corrected chi connectivity index (χ0v) is 6.94. The van der Waals surface area contributed by atoms with Gasteiger partial charge in [0.15, 0.2) is 0 Å². The Hall–Kier alpha value is -0.243. The molecule has 0 saturated heterocycles. The topological polar surface area (TPSA) is 9.23 Å². The lowest BCUT2D eigenvalue weighted by Crippen LogP contribution is -1.88. The Bertz CT molecular complexity index is 54.5. The van der Waals surface area contributed by atoms with Crippen LogP contribution in [-0.2, 0) is 4.74 Å². The molecule has 0 heterocycles. The first-order valence-electron chi connectivity index (χ1n) is 3.14. The van der Waals surface area contributed by atoms with Crippen LogP contribution in [0.15, 0.2) is 12.8 Å². The van der Waals surface area contributed by atoms with Crippen molar-refractivity contribution < 1.29 is 4.74 Å². The third kappa shape index (κ3) is 5.76. The van der Waals surface area contributed by atoms with Crippen LogP contribution in [-0.4, -0.2) is 16.1 Å². The van der Waals surface area contributed by atoms with Gasteiger partial charge in [0.25, 0.3) is 0 Å². The molecule has 0 aromatic carbocycles. The molecule has 0 fully saturated rings. The summed E-state index contributed by atoms with van der Waals surface area (Å²) >= 11 is 0. The van der Waals surface area contributed by atoms with Gasteiger partial charge in [-0.3, -0.25) is 0 Å². The Morgan fingerprint density at radius 2 is 2.50 bits per heavy atom. The molecule has 0 saturated carbocycles. The molecule has 0 unspecified atom stereocenters. The summed E-state index contributed by atoms with van der Waals surface area (Å²) in [7, 11) is 0.272. The fraction of sp³-hybridized carbons (Fsp3) is 0.667. The second kappa shape index (κ2) is 6.76. The van der Waals surface area contributed by atoms with Crippen LogP contribution in [0.3, 0.4) is 0 Å². The molecule has 48 valence electrons. The average Bonchev–Trinajstić information content (AvgIpc) is 1.81. The molecule has 0 N–H and O–H groups in total. The van der Waals surface area contributed by atoms with E-state index in [1.165, 1.54) is 18.7 Å². The molecule has 0 spiro atoms. The van der Waals surface area contributed by atoms with E-state index in [9.17, 15) is 0 Å². The summed E-state index contributed by atoms with van der Waals surface area (Å²) in [6, 6.07) is 1.40. The molecule has 8 heavy (non-hydrogen) atoms. The van der Waals surface area contributed by atoms with Crippen molar-refractivity contribution in [3.8, 4) is 0 Å². The lowest BCUT2D eigenvalue weighted by molar-refractivity contribution is 0.251. The van der Waals surface area contributed by atoms with Crippen molar-refractivity contribution in [2.45, 2.75) is 19.0 Å². The van der Waals surface area contributed by atoms with E-state index >= 15 is 0 Å². The van der Waals surface area contributed by atoms with Crippen molar-refractivity contribution >= 4 is 9.52 Å². The lowest BCUT2D eigenvalue weighted by atomic mass is 10.5. The molecular formula is C6H14OSi. The van der Waals surface area contributed by atoms with Crippen LogP contribution in [0.5, 0.6) is 0 Å². The van der Waals surface area contributed by atoms with E-state index in [2.05, 4.69) is 13.1 Å². The average molecular weight is 130 g/mol. The van der Waals surface area contributed by atoms with Crippen LogP contribution < -0.4 is 0 Å². The maximum atomic E-state index is 4.92. The molecule has 0 radical (unpaired) electrons. The summed E-state index contributed by atoms with van der Waals surface area (Å²) in [4.78, 5) is 0. The van der Waals surface area contributed by atoms with Crippen LogP contribution in [0.2, 0.25) is 12.6 Å². The summed E-state index contributed by atoms with van der Waals surface area (Å²) in [5, 5.41) is 0. The minimum atomic E-state index is 0.272. The van der Waals surface area contributed by atoms with Gasteiger partial charge in [-0.05, 0) is 6.42 Å². The van der Waals surface area contributed by atoms with Crippen LogP contribution in [0, 0.1) is 0 Å². The van der Waals surface area contributed by atoms with Gasteiger partial charge in [0.2, 0.25) is 0 Å². The normalized spacial score (nSPS) is 10.1. The van der Waals surface area contributed by atoms with Crippen molar-refractivity contribution in [2.24, 2.45) is 0 Å². The summed E-state index contributed by atoms with van der Waals surface area (Å²) in [6.45, 7) is 6.63. The number of ether oxygens (including phenoxy) is 1. The van der Waals surface area contributed by atoms with E-state index < -0.39 is 0 Å². The predicted molar refractivity (Wildman–Crippen MR) is 40.0 cm³/mol. The predicted octanol–water partition coefficient (Wildman–Crippen LogP) is 1.17. The van der Waals surface area contributed by atoms with Crippen molar-refractivity contribution in [2.75, 3.05) is 6.61 Å². The molecule has 0 atom stereocenters. The van der Waals surface area contributed by atoms with Crippen LogP contribution in [0.25, 0.3) is 0 Å². The first-order chi connectivity index (χ1) is 3.91. The zero-order valence-electron chi connectivity index (χ0n) is 5.52. The van der Waals surface area contributed by atoms with E-state index in [1.807, 2.05) is 0 Å². The second-order valence-electron chi connectivity index (χ2n) is 1.74. The smallest absolute Gasteiger partial charge is 0.0870 e. The first-order valence-corrected chi connectivity index (χ1v) is 5.55. The Morgan fingerprint density at radius 1 is 1.75 bits per heavy atom. The summed E-state index contributed by atoms with van der Waals surface area (Å²) < 4.78 is 4.92. The Labute approximate surface area is 53.6 Å². The maximum absolute atomic E-state index is 4.92. The standard InChI is InChI=1S/C6H14OSi/c1-3-7-5-4-6-8-2/h3H,1,4-6,8H2,2H3. The molecule has 0 rings (SSSR count). The van der Waals surface area contributed by atoms with E-state index in [0.717, 1.165) is 6.61 Å². The third-order valence-electron chi connectivity index (χ3n) is 0.984. The minimum absolute atomic E-state index is 0.272. The highest BCUT2D eigenvalue weighted by Crippen LogP contribution is 1.88. The fourth-order valence-electron chi connectivity index (χ4n) is 0.519. The Morgan fingerprint density at radius 3 is 3.00 bits per heavy atom. The molecule has 1 nitrogen and oxygen atoms in total. The van der Waals surface area contributed by atoms with Gasteiger partial charge in [-0.1, -0.05) is 19.2 Å². The molecule has 0 aromatic rings. The Kier molecular flexibility index (Phi) is 6.55. The quantitative estimate of drug-likeness (QED) is 0.308. The van der Waals surface area contributed by atoms with Gasteiger partial charge in [0.1, 0.15) is 0 Å². The SMILES string of the molecule is C=COCCC[SiH2]C. The molecule has 0 bridgehead atoms. The molecule has 2 heteroatoms. The van der Waals surface area contributed by atoms with E-state index in [1.54, 1.807) is 0 Å². The van der Waals surface area contributed by atoms with Gasteiger partial charge in [0, 0.05) is 9.52 Å². The highest BCUT2D eigenvalue weighted by molar-refractivity contribution is 6.33. The molecule has 0 aliphatic rings. The van der Waals surface area contributed by atoms with Gasteiger partial charge >= 0.3 is 0 Å². The monoisotopic (exact) mass is 130 g/mol. The van der Waals surface area contributed by atoms with Gasteiger partial charge in [-0.25, -0.2) is 0 Å². The van der Waals surface area contributed by atoms with Gasteiger partial charge in [0.05, 0.1) is 12.9 Å². The maximum Gasteiger partial charge on any atom is 0.0870 e. The number of hydrogen-bond acceptors (Lipinski definition) is 1. The Balaban J connectivity index is 2.62. The van der Waals surface area contributed by atoms with Crippen molar-refractivity contribution in [1.82, 2.24) is 0 Å². The van der Waals surface area contributed by atoms with Gasteiger partial charge in [-0.15, -0.1) is 0 Å². The van der Waals surface area contributed by atoms with Gasteiger partial charge < -0.3 is 4.74 Å². The number of rotatable bonds is 5. The highest BCUT2D eigenvalue weighted by Gasteiger charge is 1.81. The molecule has 0 aliphatic heterocycles.